The summed E-state index contributed by atoms with van der Waals surface area (Å²) < 4.78 is 0. The van der Waals surface area contributed by atoms with Crippen LogP contribution < -0.4 is 0 Å². The maximum atomic E-state index is 9.27. The quantitative estimate of drug-likeness (QED) is 0.911. The number of aliphatic hydroxyl groups excluding tert-OH is 1. The summed E-state index contributed by atoms with van der Waals surface area (Å²) in [6.07, 6.45) is 2.04. The van der Waals surface area contributed by atoms with Crippen molar-refractivity contribution in [1.82, 2.24) is 4.98 Å². The molecule has 0 radical (unpaired) electrons. The fourth-order valence-electron chi connectivity index (χ4n) is 1.65. The average Bonchev–Trinajstić information content (AvgIpc) is 2.74. The van der Waals surface area contributed by atoms with Gasteiger partial charge in [0.25, 0.3) is 0 Å². The number of halogens is 1. The van der Waals surface area contributed by atoms with E-state index in [2.05, 4.69) is 11.9 Å². The molecule has 1 N–H and O–H groups in total. The van der Waals surface area contributed by atoms with Crippen LogP contribution in [0.25, 0.3) is 10.6 Å². The summed E-state index contributed by atoms with van der Waals surface area (Å²) >= 11 is 7.51. The molecule has 0 saturated carbocycles. The minimum Gasteiger partial charge on any atom is -0.390 e. The topological polar surface area (TPSA) is 33.1 Å². The molecular formula is C13H14ClNOS. The standard InChI is InChI=1S/C13H14ClNOS/c1-2-3-12-11(8-16)15-13(17-12)9-4-6-10(14)7-5-9/h4-7,16H,2-3,8H2,1H3. The Balaban J connectivity index is 2.35. The van der Waals surface area contributed by atoms with Gasteiger partial charge in [0, 0.05) is 15.5 Å². The first-order valence-electron chi connectivity index (χ1n) is 5.60. The number of aliphatic hydroxyl groups is 1. The second kappa shape index (κ2) is 5.63. The average molecular weight is 268 g/mol. The van der Waals surface area contributed by atoms with Crippen LogP contribution in [-0.4, -0.2) is 10.1 Å². The van der Waals surface area contributed by atoms with E-state index in [4.69, 9.17) is 11.6 Å². The summed E-state index contributed by atoms with van der Waals surface area (Å²) in [6.45, 7) is 2.14. The van der Waals surface area contributed by atoms with Crippen molar-refractivity contribution in [2.75, 3.05) is 0 Å². The van der Waals surface area contributed by atoms with Crippen LogP contribution in [-0.2, 0) is 13.0 Å². The molecular weight excluding hydrogens is 254 g/mol. The minimum atomic E-state index is 0.0133. The van der Waals surface area contributed by atoms with Crippen molar-refractivity contribution in [3.05, 3.63) is 39.9 Å². The van der Waals surface area contributed by atoms with Gasteiger partial charge in [0.05, 0.1) is 12.3 Å². The molecule has 0 aliphatic rings. The highest BCUT2D eigenvalue weighted by molar-refractivity contribution is 7.15. The van der Waals surface area contributed by atoms with Crippen LogP contribution >= 0.6 is 22.9 Å². The third-order valence-electron chi connectivity index (χ3n) is 2.50. The minimum absolute atomic E-state index is 0.0133. The van der Waals surface area contributed by atoms with Crippen molar-refractivity contribution in [2.24, 2.45) is 0 Å². The Bertz CT molecular complexity index is 493. The van der Waals surface area contributed by atoms with Gasteiger partial charge in [0.2, 0.25) is 0 Å². The van der Waals surface area contributed by atoms with Crippen LogP contribution in [0.5, 0.6) is 0 Å². The first kappa shape index (κ1) is 12.6. The number of hydrogen-bond donors (Lipinski definition) is 1. The molecule has 17 heavy (non-hydrogen) atoms. The molecule has 0 spiro atoms. The van der Waals surface area contributed by atoms with Crippen molar-refractivity contribution in [1.29, 1.82) is 0 Å². The van der Waals surface area contributed by atoms with Gasteiger partial charge in [-0.05, 0) is 18.6 Å². The molecule has 2 nitrogen and oxygen atoms in total. The van der Waals surface area contributed by atoms with E-state index in [1.807, 2.05) is 24.3 Å². The Labute approximate surface area is 110 Å². The fourth-order valence-corrected chi connectivity index (χ4v) is 2.95. The van der Waals surface area contributed by atoms with Gasteiger partial charge in [-0.2, -0.15) is 0 Å². The Hall–Kier alpha value is -0.900. The lowest BCUT2D eigenvalue weighted by atomic mass is 10.2. The number of aromatic nitrogens is 1. The molecule has 1 aromatic carbocycles. The van der Waals surface area contributed by atoms with Gasteiger partial charge in [-0.1, -0.05) is 37.1 Å². The third kappa shape index (κ3) is 2.86. The zero-order chi connectivity index (χ0) is 12.3. The van der Waals surface area contributed by atoms with Gasteiger partial charge < -0.3 is 5.11 Å². The lowest BCUT2D eigenvalue weighted by Crippen LogP contribution is -1.89. The van der Waals surface area contributed by atoms with E-state index >= 15 is 0 Å². The molecule has 0 saturated heterocycles. The predicted octanol–water partition coefficient (Wildman–Crippen LogP) is 3.91. The zero-order valence-electron chi connectivity index (χ0n) is 9.61. The Morgan fingerprint density at radius 2 is 2.00 bits per heavy atom. The van der Waals surface area contributed by atoms with Gasteiger partial charge in [0.15, 0.2) is 0 Å². The SMILES string of the molecule is CCCc1sc(-c2ccc(Cl)cc2)nc1CO. The fraction of sp³-hybridized carbons (Fsp3) is 0.308. The summed E-state index contributed by atoms with van der Waals surface area (Å²) in [5.74, 6) is 0. The molecule has 1 aromatic heterocycles. The van der Waals surface area contributed by atoms with E-state index in [-0.39, 0.29) is 6.61 Å². The predicted molar refractivity (Wildman–Crippen MR) is 72.5 cm³/mol. The zero-order valence-corrected chi connectivity index (χ0v) is 11.2. The summed E-state index contributed by atoms with van der Waals surface area (Å²) in [6, 6.07) is 7.63. The number of nitrogens with zero attached hydrogens (tertiary/aromatic N) is 1. The maximum absolute atomic E-state index is 9.27. The Morgan fingerprint density at radius 3 is 2.59 bits per heavy atom. The summed E-state index contributed by atoms with van der Waals surface area (Å²) in [4.78, 5) is 5.65. The third-order valence-corrected chi connectivity index (χ3v) is 3.95. The number of rotatable bonds is 4. The van der Waals surface area contributed by atoms with Crippen molar-refractivity contribution < 1.29 is 5.11 Å². The molecule has 0 fully saturated rings. The number of aryl methyl sites for hydroxylation is 1. The van der Waals surface area contributed by atoms with E-state index in [0.29, 0.717) is 0 Å². The lowest BCUT2D eigenvalue weighted by molar-refractivity contribution is 0.276. The highest BCUT2D eigenvalue weighted by Crippen LogP contribution is 2.29. The van der Waals surface area contributed by atoms with Gasteiger partial charge in [-0.25, -0.2) is 4.98 Å². The molecule has 0 aliphatic heterocycles. The van der Waals surface area contributed by atoms with E-state index in [0.717, 1.165) is 34.1 Å². The second-order valence-electron chi connectivity index (χ2n) is 3.80. The number of thiazole rings is 1. The molecule has 0 bridgehead atoms. The number of hydrogen-bond acceptors (Lipinski definition) is 3. The lowest BCUT2D eigenvalue weighted by Gasteiger charge is -1.95. The van der Waals surface area contributed by atoms with Crippen LogP contribution in [0, 0.1) is 0 Å². The van der Waals surface area contributed by atoms with Crippen molar-refractivity contribution >= 4 is 22.9 Å². The molecule has 0 unspecified atom stereocenters. The largest absolute Gasteiger partial charge is 0.390 e. The smallest absolute Gasteiger partial charge is 0.123 e. The Kier molecular flexibility index (Phi) is 4.15. The van der Waals surface area contributed by atoms with E-state index < -0.39 is 0 Å². The Morgan fingerprint density at radius 1 is 1.29 bits per heavy atom. The van der Waals surface area contributed by atoms with Gasteiger partial charge in [0.1, 0.15) is 5.01 Å². The molecule has 4 heteroatoms. The maximum Gasteiger partial charge on any atom is 0.123 e. The van der Waals surface area contributed by atoms with Crippen LogP contribution in [0.3, 0.4) is 0 Å². The molecule has 0 amide bonds. The molecule has 90 valence electrons. The molecule has 2 aromatic rings. The molecule has 1 heterocycles. The van der Waals surface area contributed by atoms with Crippen LogP contribution in [0.2, 0.25) is 5.02 Å². The van der Waals surface area contributed by atoms with E-state index in [1.54, 1.807) is 11.3 Å². The van der Waals surface area contributed by atoms with Crippen molar-refractivity contribution in [2.45, 2.75) is 26.4 Å². The van der Waals surface area contributed by atoms with Crippen LogP contribution in [0.1, 0.15) is 23.9 Å². The monoisotopic (exact) mass is 267 g/mol. The van der Waals surface area contributed by atoms with Crippen LogP contribution in [0.4, 0.5) is 0 Å². The molecule has 2 rings (SSSR count). The van der Waals surface area contributed by atoms with Crippen LogP contribution in [0.15, 0.2) is 24.3 Å². The van der Waals surface area contributed by atoms with Crippen molar-refractivity contribution in [3.8, 4) is 10.6 Å². The van der Waals surface area contributed by atoms with Gasteiger partial charge in [-0.15, -0.1) is 11.3 Å². The normalized spacial score (nSPS) is 10.8. The van der Waals surface area contributed by atoms with Gasteiger partial charge in [-0.3, -0.25) is 0 Å². The molecule has 0 atom stereocenters. The summed E-state index contributed by atoms with van der Waals surface area (Å²) in [5, 5.41) is 10.9. The highest BCUT2D eigenvalue weighted by atomic mass is 35.5. The number of benzene rings is 1. The summed E-state index contributed by atoms with van der Waals surface area (Å²) in [5.41, 5.74) is 1.86. The van der Waals surface area contributed by atoms with Gasteiger partial charge >= 0.3 is 0 Å². The highest BCUT2D eigenvalue weighted by Gasteiger charge is 2.10. The van der Waals surface area contributed by atoms with E-state index in [9.17, 15) is 5.11 Å². The first-order chi connectivity index (χ1) is 8.24. The van der Waals surface area contributed by atoms with Crippen molar-refractivity contribution in [3.63, 3.8) is 0 Å². The first-order valence-corrected chi connectivity index (χ1v) is 6.79. The summed E-state index contributed by atoms with van der Waals surface area (Å²) in [7, 11) is 0. The van der Waals surface area contributed by atoms with E-state index in [1.165, 1.54) is 4.88 Å². The second-order valence-corrected chi connectivity index (χ2v) is 5.32. The molecule has 0 aliphatic carbocycles.